The molecule has 1 aromatic rings. The number of phenols is 1. The third kappa shape index (κ3) is 2.80. The summed E-state index contributed by atoms with van der Waals surface area (Å²) in [5, 5.41) is 10.3. The zero-order valence-corrected chi connectivity index (χ0v) is 10.9. The summed E-state index contributed by atoms with van der Waals surface area (Å²) >= 11 is 6.02. The summed E-state index contributed by atoms with van der Waals surface area (Å²) in [6.45, 7) is 5.74. The van der Waals surface area contributed by atoms with Crippen LogP contribution in [-0.4, -0.2) is 17.8 Å². The number of hydrogen-bond donors (Lipinski definition) is 2. The number of methoxy groups -OCH3 is 1. The van der Waals surface area contributed by atoms with Gasteiger partial charge in [0.1, 0.15) is 0 Å². The number of aromatic hydroxyl groups is 1. The van der Waals surface area contributed by atoms with E-state index in [0.29, 0.717) is 17.2 Å². The van der Waals surface area contributed by atoms with Gasteiger partial charge in [-0.25, -0.2) is 0 Å². The van der Waals surface area contributed by atoms with Gasteiger partial charge in [0.2, 0.25) is 0 Å². The van der Waals surface area contributed by atoms with Crippen LogP contribution in [0.2, 0.25) is 5.02 Å². The fraction of sp³-hybridized carbons (Fsp3) is 0.500. The second-order valence-electron chi connectivity index (χ2n) is 4.68. The summed E-state index contributed by atoms with van der Waals surface area (Å²) in [5.74, 6) is 0.512. The molecule has 16 heavy (non-hydrogen) atoms. The standard InChI is InChI=1S/C12H18ClNO2/c1-7-8(6-12(2,3)14)11(16-4)10(15)5-9(7)13/h5,15H,6,14H2,1-4H3. The highest BCUT2D eigenvalue weighted by molar-refractivity contribution is 6.31. The molecule has 0 saturated carbocycles. The number of rotatable bonds is 3. The quantitative estimate of drug-likeness (QED) is 0.858. The first-order chi connectivity index (χ1) is 7.26. The highest BCUT2D eigenvalue weighted by Gasteiger charge is 2.21. The second kappa shape index (κ2) is 4.52. The van der Waals surface area contributed by atoms with Crippen LogP contribution in [0, 0.1) is 6.92 Å². The SMILES string of the molecule is COc1c(O)cc(Cl)c(C)c1CC(C)(C)N. The Morgan fingerprint density at radius 2 is 2.06 bits per heavy atom. The number of ether oxygens (including phenoxy) is 1. The van der Waals surface area contributed by atoms with Crippen molar-refractivity contribution in [3.05, 3.63) is 22.2 Å². The van der Waals surface area contributed by atoms with Gasteiger partial charge in [0.15, 0.2) is 11.5 Å². The van der Waals surface area contributed by atoms with Crippen LogP contribution in [0.3, 0.4) is 0 Å². The van der Waals surface area contributed by atoms with Crippen LogP contribution in [0.5, 0.6) is 11.5 Å². The smallest absolute Gasteiger partial charge is 0.164 e. The third-order valence-electron chi connectivity index (χ3n) is 2.42. The van der Waals surface area contributed by atoms with Crippen molar-refractivity contribution < 1.29 is 9.84 Å². The molecular formula is C12H18ClNO2. The summed E-state index contributed by atoms with van der Waals surface area (Å²) < 4.78 is 5.19. The third-order valence-corrected chi connectivity index (χ3v) is 2.81. The van der Waals surface area contributed by atoms with Crippen molar-refractivity contribution in [2.24, 2.45) is 5.73 Å². The molecule has 0 amide bonds. The van der Waals surface area contributed by atoms with Crippen LogP contribution in [0.25, 0.3) is 0 Å². The number of benzene rings is 1. The van der Waals surface area contributed by atoms with E-state index in [1.54, 1.807) is 0 Å². The molecule has 0 unspecified atom stereocenters. The lowest BCUT2D eigenvalue weighted by atomic mass is 9.92. The Morgan fingerprint density at radius 3 is 2.50 bits per heavy atom. The Hall–Kier alpha value is -0.930. The van der Waals surface area contributed by atoms with E-state index in [1.165, 1.54) is 13.2 Å². The maximum atomic E-state index is 9.74. The molecule has 0 fully saturated rings. The molecule has 4 heteroatoms. The van der Waals surface area contributed by atoms with Gasteiger partial charge in [-0.2, -0.15) is 0 Å². The molecule has 0 aromatic heterocycles. The fourth-order valence-corrected chi connectivity index (χ4v) is 1.88. The van der Waals surface area contributed by atoms with Crippen LogP contribution in [0.15, 0.2) is 6.07 Å². The Bertz CT molecular complexity index is 397. The van der Waals surface area contributed by atoms with Gasteiger partial charge in [-0.1, -0.05) is 11.6 Å². The number of phenolic OH excluding ortho intramolecular Hbond substituents is 1. The Labute approximate surface area is 101 Å². The van der Waals surface area contributed by atoms with Gasteiger partial charge in [0, 0.05) is 22.2 Å². The molecule has 0 heterocycles. The van der Waals surface area contributed by atoms with E-state index in [9.17, 15) is 5.11 Å². The second-order valence-corrected chi connectivity index (χ2v) is 5.09. The first-order valence-corrected chi connectivity index (χ1v) is 5.48. The molecule has 0 saturated heterocycles. The van der Waals surface area contributed by atoms with Crippen LogP contribution in [0.4, 0.5) is 0 Å². The Kier molecular flexibility index (Phi) is 3.71. The Balaban J connectivity index is 3.33. The van der Waals surface area contributed by atoms with Crippen LogP contribution >= 0.6 is 11.6 Å². The van der Waals surface area contributed by atoms with E-state index in [0.717, 1.165) is 11.1 Å². The topological polar surface area (TPSA) is 55.5 Å². The molecule has 0 aliphatic carbocycles. The normalized spacial score (nSPS) is 11.6. The van der Waals surface area contributed by atoms with E-state index in [4.69, 9.17) is 22.1 Å². The fourth-order valence-electron chi connectivity index (χ4n) is 1.66. The van der Waals surface area contributed by atoms with Crippen molar-refractivity contribution >= 4 is 11.6 Å². The van der Waals surface area contributed by atoms with Crippen molar-refractivity contribution in [3.8, 4) is 11.5 Å². The summed E-state index contributed by atoms with van der Waals surface area (Å²) in [5.41, 5.74) is 7.36. The highest BCUT2D eigenvalue weighted by Crippen LogP contribution is 2.38. The monoisotopic (exact) mass is 243 g/mol. The average Bonchev–Trinajstić information content (AvgIpc) is 2.12. The Morgan fingerprint density at radius 1 is 1.50 bits per heavy atom. The van der Waals surface area contributed by atoms with E-state index in [1.807, 2.05) is 20.8 Å². The van der Waals surface area contributed by atoms with Crippen LogP contribution in [0.1, 0.15) is 25.0 Å². The maximum absolute atomic E-state index is 9.74. The number of halogens is 1. The van der Waals surface area contributed by atoms with Gasteiger partial charge >= 0.3 is 0 Å². The molecule has 0 aliphatic heterocycles. The average molecular weight is 244 g/mol. The first-order valence-electron chi connectivity index (χ1n) is 5.10. The summed E-state index contributed by atoms with van der Waals surface area (Å²) in [7, 11) is 1.52. The van der Waals surface area contributed by atoms with E-state index in [2.05, 4.69) is 0 Å². The van der Waals surface area contributed by atoms with E-state index >= 15 is 0 Å². The minimum Gasteiger partial charge on any atom is -0.504 e. The van der Waals surface area contributed by atoms with E-state index in [-0.39, 0.29) is 11.3 Å². The van der Waals surface area contributed by atoms with Crippen LogP contribution < -0.4 is 10.5 Å². The molecule has 3 nitrogen and oxygen atoms in total. The van der Waals surface area contributed by atoms with Gasteiger partial charge in [-0.05, 0) is 32.8 Å². The van der Waals surface area contributed by atoms with Crippen molar-refractivity contribution in [2.75, 3.05) is 7.11 Å². The highest BCUT2D eigenvalue weighted by atomic mass is 35.5. The van der Waals surface area contributed by atoms with Gasteiger partial charge in [-0.3, -0.25) is 0 Å². The van der Waals surface area contributed by atoms with E-state index < -0.39 is 0 Å². The lowest BCUT2D eigenvalue weighted by molar-refractivity contribution is 0.364. The predicted octanol–water partition coefficient (Wildman–Crippen LogP) is 2.64. The lowest BCUT2D eigenvalue weighted by Crippen LogP contribution is -2.34. The van der Waals surface area contributed by atoms with Crippen molar-refractivity contribution in [3.63, 3.8) is 0 Å². The predicted molar refractivity (Wildman–Crippen MR) is 66.4 cm³/mol. The van der Waals surface area contributed by atoms with Crippen molar-refractivity contribution in [2.45, 2.75) is 32.7 Å². The zero-order valence-electron chi connectivity index (χ0n) is 10.1. The van der Waals surface area contributed by atoms with Gasteiger partial charge in [0.25, 0.3) is 0 Å². The molecular weight excluding hydrogens is 226 g/mol. The molecule has 1 aromatic carbocycles. The van der Waals surface area contributed by atoms with Gasteiger partial charge < -0.3 is 15.6 Å². The number of hydrogen-bond acceptors (Lipinski definition) is 3. The summed E-state index contributed by atoms with van der Waals surface area (Å²) in [6.07, 6.45) is 0.593. The summed E-state index contributed by atoms with van der Waals surface area (Å²) in [4.78, 5) is 0. The minimum absolute atomic E-state index is 0.0531. The molecule has 0 atom stereocenters. The zero-order chi connectivity index (χ0) is 12.5. The molecule has 90 valence electrons. The number of nitrogens with two attached hydrogens (primary N) is 1. The minimum atomic E-state index is -0.380. The van der Waals surface area contributed by atoms with Crippen molar-refractivity contribution in [1.29, 1.82) is 0 Å². The molecule has 0 bridgehead atoms. The molecule has 3 N–H and O–H groups in total. The maximum Gasteiger partial charge on any atom is 0.164 e. The van der Waals surface area contributed by atoms with Crippen LogP contribution in [-0.2, 0) is 6.42 Å². The lowest BCUT2D eigenvalue weighted by Gasteiger charge is -2.22. The molecule has 0 spiro atoms. The van der Waals surface area contributed by atoms with Gasteiger partial charge in [0.05, 0.1) is 7.11 Å². The molecule has 0 radical (unpaired) electrons. The first kappa shape index (κ1) is 13.1. The largest absolute Gasteiger partial charge is 0.504 e. The molecule has 0 aliphatic rings. The molecule has 1 rings (SSSR count). The summed E-state index contributed by atoms with van der Waals surface area (Å²) in [6, 6.07) is 1.49. The van der Waals surface area contributed by atoms with Gasteiger partial charge in [-0.15, -0.1) is 0 Å². The van der Waals surface area contributed by atoms with Crippen molar-refractivity contribution in [1.82, 2.24) is 0 Å².